The number of aromatic nitrogens is 3. The number of benzene rings is 1. The largest absolute Gasteiger partial charge is 0.508 e. The minimum atomic E-state index is 0.161. The van der Waals surface area contributed by atoms with Crippen LogP contribution >= 0.6 is 0 Å². The van der Waals surface area contributed by atoms with Crippen LogP contribution in [0.25, 0.3) is 16.8 Å². The van der Waals surface area contributed by atoms with Crippen molar-refractivity contribution in [2.45, 2.75) is 18.8 Å². The highest BCUT2D eigenvalue weighted by molar-refractivity contribution is 5.85. The number of piperidine rings is 1. The Bertz CT molecular complexity index is 956. The van der Waals surface area contributed by atoms with Gasteiger partial charge in [-0.05, 0) is 37.1 Å². The van der Waals surface area contributed by atoms with Crippen molar-refractivity contribution in [1.29, 1.82) is 5.26 Å². The van der Waals surface area contributed by atoms with Crippen LogP contribution in [-0.2, 0) is 0 Å². The number of rotatable bonds is 2. The van der Waals surface area contributed by atoms with E-state index in [-0.39, 0.29) is 11.7 Å². The molecule has 1 aliphatic rings. The molecule has 3 heterocycles. The average Bonchev–Trinajstić information content (AvgIpc) is 3.03. The summed E-state index contributed by atoms with van der Waals surface area (Å²) >= 11 is 0. The van der Waals surface area contributed by atoms with Gasteiger partial charge in [0.15, 0.2) is 6.19 Å². The normalized spacial score (nSPS) is 17.6. The van der Waals surface area contributed by atoms with Gasteiger partial charge in [0.1, 0.15) is 28.6 Å². The summed E-state index contributed by atoms with van der Waals surface area (Å²) < 4.78 is 1.98. The Hall–Kier alpha value is -3.27. The van der Waals surface area contributed by atoms with Crippen molar-refractivity contribution < 1.29 is 5.11 Å². The number of nitrogens with zero attached hydrogens (tertiary/aromatic N) is 5. The third-order valence-electron chi connectivity index (χ3n) is 4.68. The van der Waals surface area contributed by atoms with E-state index in [4.69, 9.17) is 10.7 Å². The third kappa shape index (κ3) is 2.62. The molecule has 3 N–H and O–H groups in total. The molecule has 1 fully saturated rings. The lowest BCUT2D eigenvalue weighted by Gasteiger charge is -2.27. The Morgan fingerprint density at radius 3 is 2.84 bits per heavy atom. The van der Waals surface area contributed by atoms with Crippen LogP contribution in [-0.4, -0.2) is 37.5 Å². The summed E-state index contributed by atoms with van der Waals surface area (Å²) in [5.74, 6) is 1.67. The molecule has 0 radical (unpaired) electrons. The zero-order valence-corrected chi connectivity index (χ0v) is 13.6. The summed E-state index contributed by atoms with van der Waals surface area (Å²) in [6.07, 6.45) is 7.71. The van der Waals surface area contributed by atoms with Crippen LogP contribution in [0.15, 0.2) is 36.7 Å². The average molecular weight is 334 g/mol. The minimum Gasteiger partial charge on any atom is -0.508 e. The minimum absolute atomic E-state index is 0.161. The first kappa shape index (κ1) is 15.3. The highest BCUT2D eigenvalue weighted by Gasteiger charge is 2.26. The van der Waals surface area contributed by atoms with Crippen molar-refractivity contribution in [3.05, 3.63) is 42.5 Å². The van der Waals surface area contributed by atoms with Crippen LogP contribution in [0.2, 0.25) is 0 Å². The van der Waals surface area contributed by atoms with Crippen LogP contribution < -0.4 is 5.73 Å². The van der Waals surface area contributed by atoms with E-state index < -0.39 is 0 Å². The summed E-state index contributed by atoms with van der Waals surface area (Å²) in [7, 11) is 0. The number of hydrogen-bond acceptors (Lipinski definition) is 6. The van der Waals surface area contributed by atoms with Crippen molar-refractivity contribution in [3.63, 3.8) is 0 Å². The number of imidazole rings is 1. The molecule has 0 saturated carbocycles. The molecular formula is C18H18N6O. The molecule has 7 nitrogen and oxygen atoms in total. The first-order chi connectivity index (χ1) is 12.2. The summed E-state index contributed by atoms with van der Waals surface area (Å²) in [4.78, 5) is 10.9. The molecule has 4 rings (SSSR count). The number of aromatic hydroxyl groups is 1. The zero-order chi connectivity index (χ0) is 17.4. The van der Waals surface area contributed by atoms with Crippen molar-refractivity contribution in [3.8, 4) is 23.2 Å². The molecule has 0 aliphatic carbocycles. The second kappa shape index (κ2) is 5.98. The van der Waals surface area contributed by atoms with Crippen LogP contribution in [0.5, 0.6) is 5.75 Å². The van der Waals surface area contributed by atoms with Gasteiger partial charge in [-0.2, -0.15) is 5.26 Å². The molecule has 0 amide bonds. The van der Waals surface area contributed by atoms with E-state index in [1.807, 2.05) is 22.7 Å². The smallest absolute Gasteiger partial charge is 0.179 e. The van der Waals surface area contributed by atoms with E-state index in [0.29, 0.717) is 12.4 Å². The van der Waals surface area contributed by atoms with E-state index in [1.54, 1.807) is 23.2 Å². The van der Waals surface area contributed by atoms with Gasteiger partial charge in [0.2, 0.25) is 0 Å². The van der Waals surface area contributed by atoms with Crippen molar-refractivity contribution in [2.75, 3.05) is 18.8 Å². The first-order valence-corrected chi connectivity index (χ1v) is 8.24. The molecule has 1 saturated heterocycles. The van der Waals surface area contributed by atoms with Gasteiger partial charge in [-0.25, -0.2) is 9.97 Å². The van der Waals surface area contributed by atoms with Crippen LogP contribution in [0.1, 0.15) is 24.6 Å². The van der Waals surface area contributed by atoms with E-state index in [0.717, 1.165) is 42.0 Å². The predicted octanol–water partition coefficient (Wildman–Crippen LogP) is 2.34. The van der Waals surface area contributed by atoms with E-state index in [2.05, 4.69) is 11.2 Å². The fourth-order valence-electron chi connectivity index (χ4n) is 3.47. The van der Waals surface area contributed by atoms with Crippen LogP contribution in [0, 0.1) is 11.5 Å². The summed E-state index contributed by atoms with van der Waals surface area (Å²) in [6, 6.07) is 6.89. The van der Waals surface area contributed by atoms with Crippen molar-refractivity contribution >= 4 is 11.3 Å². The Kier molecular flexibility index (Phi) is 3.65. The maximum absolute atomic E-state index is 9.54. The first-order valence-electron chi connectivity index (χ1n) is 8.24. The molecule has 1 aliphatic heterocycles. The molecule has 3 aromatic rings. The fourth-order valence-corrected chi connectivity index (χ4v) is 3.47. The van der Waals surface area contributed by atoms with Gasteiger partial charge >= 0.3 is 0 Å². The Morgan fingerprint density at radius 2 is 2.08 bits per heavy atom. The second-order valence-electron chi connectivity index (χ2n) is 6.28. The lowest BCUT2D eigenvalue weighted by atomic mass is 9.98. The number of nitrogen functional groups attached to an aromatic ring is 1. The molecule has 1 aromatic carbocycles. The highest BCUT2D eigenvalue weighted by Crippen LogP contribution is 2.34. The quantitative estimate of drug-likeness (QED) is 0.697. The molecule has 1 atom stereocenters. The van der Waals surface area contributed by atoms with Gasteiger partial charge in [-0.15, -0.1) is 0 Å². The van der Waals surface area contributed by atoms with Gasteiger partial charge in [-0.3, -0.25) is 4.40 Å². The number of phenolic OH excluding ortho intramolecular Hbond substituents is 1. The molecule has 0 spiro atoms. The maximum Gasteiger partial charge on any atom is 0.179 e. The van der Waals surface area contributed by atoms with E-state index in [1.165, 1.54) is 0 Å². The van der Waals surface area contributed by atoms with Crippen molar-refractivity contribution in [1.82, 2.24) is 19.3 Å². The number of nitrogens with two attached hydrogens (primary N) is 1. The summed E-state index contributed by atoms with van der Waals surface area (Å²) in [5, 5.41) is 18.8. The number of fused-ring (bicyclic) bond motifs is 1. The zero-order valence-electron chi connectivity index (χ0n) is 13.6. The third-order valence-corrected chi connectivity index (χ3v) is 4.68. The number of anilines is 1. The van der Waals surface area contributed by atoms with E-state index in [9.17, 15) is 10.4 Å². The van der Waals surface area contributed by atoms with E-state index >= 15 is 0 Å². The molecule has 7 heteroatoms. The number of phenols is 1. The molecule has 2 aromatic heterocycles. The number of nitriles is 1. The summed E-state index contributed by atoms with van der Waals surface area (Å²) in [6.45, 7) is 1.46. The van der Waals surface area contributed by atoms with Crippen LogP contribution in [0.3, 0.4) is 0 Å². The summed E-state index contributed by atoms with van der Waals surface area (Å²) in [5.41, 5.74) is 8.51. The molecule has 25 heavy (non-hydrogen) atoms. The van der Waals surface area contributed by atoms with Gasteiger partial charge < -0.3 is 15.7 Å². The standard InChI is InChI=1S/C18H18N6O/c19-11-23-8-1-2-13(10-23)18-22-15(12-3-5-14(25)6-4-12)16-17(20)21-7-9-24(16)18/h3-7,9,13,25H,1-2,8,10H2,(H2,20,21). The lowest BCUT2D eigenvalue weighted by molar-refractivity contribution is 0.284. The topological polar surface area (TPSA) is 103 Å². The van der Waals surface area contributed by atoms with Gasteiger partial charge in [0.05, 0.1) is 0 Å². The fraction of sp³-hybridized carbons (Fsp3) is 0.278. The SMILES string of the molecule is N#CN1CCCC(c2nc(-c3ccc(O)cc3)c3c(N)nccn23)C1. The lowest BCUT2D eigenvalue weighted by Crippen LogP contribution is -2.31. The Labute approximate surface area is 145 Å². The monoisotopic (exact) mass is 334 g/mol. The Morgan fingerprint density at radius 1 is 1.28 bits per heavy atom. The maximum atomic E-state index is 9.54. The van der Waals surface area contributed by atoms with Gasteiger partial charge in [-0.1, -0.05) is 0 Å². The predicted molar refractivity (Wildman–Crippen MR) is 93.7 cm³/mol. The van der Waals surface area contributed by atoms with Crippen LogP contribution in [0.4, 0.5) is 5.82 Å². The Balaban J connectivity index is 1.87. The number of hydrogen-bond donors (Lipinski definition) is 2. The van der Waals surface area contributed by atoms with Gasteiger partial charge in [0, 0.05) is 37.0 Å². The molecule has 126 valence electrons. The second-order valence-corrected chi connectivity index (χ2v) is 6.28. The van der Waals surface area contributed by atoms with Gasteiger partial charge in [0.25, 0.3) is 0 Å². The molecule has 1 unspecified atom stereocenters. The number of likely N-dealkylation sites (tertiary alicyclic amines) is 1. The molecule has 0 bridgehead atoms. The highest BCUT2D eigenvalue weighted by atomic mass is 16.3. The van der Waals surface area contributed by atoms with Crippen molar-refractivity contribution in [2.24, 2.45) is 0 Å². The molecular weight excluding hydrogens is 316 g/mol.